The van der Waals surface area contributed by atoms with Crippen molar-refractivity contribution in [3.05, 3.63) is 35.9 Å². The molecule has 0 N–H and O–H groups in total. The third kappa shape index (κ3) is 3.21. The number of esters is 1. The Morgan fingerprint density at radius 2 is 2.05 bits per heavy atom. The number of likely N-dealkylation sites (tertiary alicyclic amines) is 1. The zero-order chi connectivity index (χ0) is 16.2. The fourth-order valence-corrected chi connectivity index (χ4v) is 3.62. The summed E-state index contributed by atoms with van der Waals surface area (Å²) in [5, 5.41) is 0. The van der Waals surface area contributed by atoms with Crippen molar-refractivity contribution in [2.45, 2.75) is 24.8 Å². The first-order valence-electron chi connectivity index (χ1n) is 7.14. The summed E-state index contributed by atoms with van der Waals surface area (Å²) < 4.78 is 10.3. The molecule has 1 heterocycles. The number of carbonyl (C=O) groups excluding carboxylic acids is 2. The van der Waals surface area contributed by atoms with Crippen molar-refractivity contribution in [1.29, 1.82) is 0 Å². The second-order valence-electron chi connectivity index (χ2n) is 5.32. The first kappa shape index (κ1) is 16.7. The van der Waals surface area contributed by atoms with Gasteiger partial charge in [0.25, 0.3) is 0 Å². The van der Waals surface area contributed by atoms with E-state index in [0.29, 0.717) is 13.0 Å². The van der Waals surface area contributed by atoms with Gasteiger partial charge in [-0.25, -0.2) is 4.79 Å². The van der Waals surface area contributed by atoms with Crippen LogP contribution in [0.4, 0.5) is 4.79 Å². The van der Waals surface area contributed by atoms with Crippen LogP contribution in [-0.4, -0.2) is 41.7 Å². The summed E-state index contributed by atoms with van der Waals surface area (Å²) in [7, 11) is 1.37. The molecular formula is C16H21NO4S. The Morgan fingerprint density at radius 3 is 2.64 bits per heavy atom. The van der Waals surface area contributed by atoms with Crippen LogP contribution in [0.25, 0.3) is 0 Å². The van der Waals surface area contributed by atoms with Crippen LogP contribution >= 0.6 is 11.8 Å². The van der Waals surface area contributed by atoms with Gasteiger partial charge in [0.05, 0.1) is 13.0 Å². The van der Waals surface area contributed by atoms with Crippen LogP contribution < -0.4 is 0 Å². The lowest BCUT2D eigenvalue weighted by atomic mass is 10.0. The predicted octanol–water partition coefficient (Wildman–Crippen LogP) is 2.90. The number of rotatable bonds is 4. The zero-order valence-corrected chi connectivity index (χ0v) is 13.9. The van der Waals surface area contributed by atoms with Gasteiger partial charge in [0.1, 0.15) is 11.5 Å². The Hall–Kier alpha value is -1.69. The van der Waals surface area contributed by atoms with Gasteiger partial charge < -0.3 is 9.47 Å². The van der Waals surface area contributed by atoms with Crippen molar-refractivity contribution in [2.24, 2.45) is 5.92 Å². The molecule has 1 aromatic carbocycles. The summed E-state index contributed by atoms with van der Waals surface area (Å²) >= 11 is 1.47. The van der Waals surface area contributed by atoms with E-state index in [2.05, 4.69) is 0 Å². The highest BCUT2D eigenvalue weighted by Crippen LogP contribution is 2.43. The fraction of sp³-hybridized carbons (Fsp3) is 0.500. The van der Waals surface area contributed by atoms with E-state index in [-0.39, 0.29) is 18.5 Å². The van der Waals surface area contributed by atoms with Crippen LogP contribution in [0, 0.1) is 5.92 Å². The number of benzene rings is 1. The first-order valence-corrected chi connectivity index (χ1v) is 8.36. The molecule has 0 radical (unpaired) electrons. The average Bonchev–Trinajstić information content (AvgIpc) is 2.91. The van der Waals surface area contributed by atoms with Gasteiger partial charge in [0.15, 0.2) is 0 Å². The monoisotopic (exact) mass is 323 g/mol. The number of thioether (sulfide) groups is 1. The van der Waals surface area contributed by atoms with Crippen molar-refractivity contribution in [2.75, 3.05) is 19.9 Å². The van der Waals surface area contributed by atoms with Gasteiger partial charge in [-0.2, -0.15) is 0 Å². The Labute approximate surface area is 135 Å². The molecule has 0 saturated carbocycles. The summed E-state index contributed by atoms with van der Waals surface area (Å²) in [5.41, 5.74) is 0.936. The molecule has 120 valence electrons. The van der Waals surface area contributed by atoms with Gasteiger partial charge in [-0.3, -0.25) is 9.69 Å². The molecule has 1 aliphatic heterocycles. The quantitative estimate of drug-likeness (QED) is 0.798. The first-order chi connectivity index (χ1) is 10.5. The highest BCUT2D eigenvalue weighted by Gasteiger charge is 2.51. The summed E-state index contributed by atoms with van der Waals surface area (Å²) in [6.45, 7) is 2.60. The molecule has 2 rings (SSSR count). The van der Waals surface area contributed by atoms with E-state index in [0.717, 1.165) is 5.56 Å². The van der Waals surface area contributed by atoms with Crippen molar-refractivity contribution in [3.8, 4) is 0 Å². The standard InChI is InChI=1S/C16H21NO4S/c1-16(22-3)13(14(18)20-2)9-10-17(16)15(19)21-11-12-7-5-4-6-8-12/h4-8,13H,9-11H2,1-3H3. The van der Waals surface area contributed by atoms with Gasteiger partial charge in [0, 0.05) is 6.54 Å². The highest BCUT2D eigenvalue weighted by molar-refractivity contribution is 8.00. The fourth-order valence-electron chi connectivity index (χ4n) is 2.74. The van der Waals surface area contributed by atoms with Crippen molar-refractivity contribution in [3.63, 3.8) is 0 Å². The second kappa shape index (κ2) is 7.05. The van der Waals surface area contributed by atoms with Crippen LogP contribution in [0.2, 0.25) is 0 Å². The van der Waals surface area contributed by atoms with E-state index in [1.165, 1.54) is 18.9 Å². The molecule has 1 amide bonds. The third-order valence-electron chi connectivity index (χ3n) is 4.15. The molecule has 1 aliphatic rings. The van der Waals surface area contributed by atoms with Crippen LogP contribution in [0.5, 0.6) is 0 Å². The molecule has 5 nitrogen and oxygen atoms in total. The minimum absolute atomic E-state index is 0.226. The molecule has 22 heavy (non-hydrogen) atoms. The van der Waals surface area contributed by atoms with Crippen LogP contribution in [-0.2, 0) is 20.9 Å². The van der Waals surface area contributed by atoms with Gasteiger partial charge >= 0.3 is 12.1 Å². The normalized spacial score (nSPS) is 24.1. The summed E-state index contributed by atoms with van der Waals surface area (Å²) in [6, 6.07) is 9.53. The Balaban J connectivity index is 2.04. The largest absolute Gasteiger partial charge is 0.469 e. The molecule has 2 unspecified atom stereocenters. The van der Waals surface area contributed by atoms with Crippen LogP contribution in [0.1, 0.15) is 18.9 Å². The molecular weight excluding hydrogens is 302 g/mol. The molecule has 1 saturated heterocycles. The van der Waals surface area contributed by atoms with E-state index < -0.39 is 11.0 Å². The van der Waals surface area contributed by atoms with Gasteiger partial charge in [-0.15, -0.1) is 11.8 Å². The number of carbonyl (C=O) groups is 2. The van der Waals surface area contributed by atoms with Crippen molar-refractivity contribution < 1.29 is 19.1 Å². The number of ether oxygens (including phenoxy) is 2. The minimum Gasteiger partial charge on any atom is -0.469 e. The molecule has 6 heteroatoms. The molecule has 0 aliphatic carbocycles. The smallest absolute Gasteiger partial charge is 0.411 e. The number of nitrogens with zero attached hydrogens (tertiary/aromatic N) is 1. The van der Waals surface area contributed by atoms with E-state index in [4.69, 9.17) is 9.47 Å². The molecule has 0 aromatic heterocycles. The highest BCUT2D eigenvalue weighted by atomic mass is 32.2. The summed E-state index contributed by atoms with van der Waals surface area (Å²) in [6.07, 6.45) is 2.08. The lowest BCUT2D eigenvalue weighted by Crippen LogP contribution is -2.48. The summed E-state index contributed by atoms with van der Waals surface area (Å²) in [4.78, 5) is 25.3. The average molecular weight is 323 g/mol. The molecule has 0 bridgehead atoms. The van der Waals surface area contributed by atoms with Gasteiger partial charge in [-0.05, 0) is 25.2 Å². The van der Waals surface area contributed by atoms with E-state index in [9.17, 15) is 9.59 Å². The molecule has 0 spiro atoms. The van der Waals surface area contributed by atoms with E-state index in [1.807, 2.05) is 43.5 Å². The maximum atomic E-state index is 12.4. The number of amides is 1. The predicted molar refractivity (Wildman–Crippen MR) is 85.4 cm³/mol. The second-order valence-corrected chi connectivity index (χ2v) is 6.55. The molecule has 1 fully saturated rings. The lowest BCUT2D eigenvalue weighted by molar-refractivity contribution is -0.146. The molecule has 2 atom stereocenters. The maximum Gasteiger partial charge on any atom is 0.411 e. The van der Waals surface area contributed by atoms with Crippen molar-refractivity contribution in [1.82, 2.24) is 4.90 Å². The van der Waals surface area contributed by atoms with Crippen molar-refractivity contribution >= 4 is 23.8 Å². The van der Waals surface area contributed by atoms with E-state index in [1.54, 1.807) is 4.90 Å². The number of hydrogen-bond acceptors (Lipinski definition) is 5. The minimum atomic E-state index is -0.638. The number of hydrogen-bond donors (Lipinski definition) is 0. The lowest BCUT2D eigenvalue weighted by Gasteiger charge is -2.35. The van der Waals surface area contributed by atoms with Gasteiger partial charge in [0.2, 0.25) is 0 Å². The topological polar surface area (TPSA) is 55.8 Å². The third-order valence-corrected chi connectivity index (χ3v) is 5.48. The number of methoxy groups -OCH3 is 1. The SMILES string of the molecule is COC(=O)C1CCN(C(=O)OCc2ccccc2)C1(C)SC. The van der Waals surface area contributed by atoms with Crippen LogP contribution in [0.15, 0.2) is 30.3 Å². The summed E-state index contributed by atoms with van der Waals surface area (Å²) in [5.74, 6) is -0.619. The van der Waals surface area contributed by atoms with Gasteiger partial charge in [-0.1, -0.05) is 30.3 Å². The zero-order valence-electron chi connectivity index (χ0n) is 13.1. The van der Waals surface area contributed by atoms with Crippen LogP contribution in [0.3, 0.4) is 0 Å². The Morgan fingerprint density at radius 1 is 1.36 bits per heavy atom. The Bertz CT molecular complexity index is 536. The Kier molecular flexibility index (Phi) is 5.34. The molecule has 1 aromatic rings. The van der Waals surface area contributed by atoms with E-state index >= 15 is 0 Å². The maximum absolute atomic E-state index is 12.4.